The number of alkyl halides is 5. The minimum Gasteiger partial charge on any atom is -0.465 e. The van der Waals surface area contributed by atoms with Gasteiger partial charge in [0.15, 0.2) is 5.69 Å². The predicted molar refractivity (Wildman–Crippen MR) is 71.7 cm³/mol. The Morgan fingerprint density at radius 1 is 1.38 bits per heavy atom. The van der Waals surface area contributed by atoms with Crippen molar-refractivity contribution in [3.8, 4) is 6.07 Å². The van der Waals surface area contributed by atoms with Gasteiger partial charge in [0, 0.05) is 25.9 Å². The molecular formula is C14H12F5N3O2. The number of methoxy groups -OCH3 is 1. The number of aromatic nitrogens is 1. The predicted octanol–water partition coefficient (Wildman–Crippen LogP) is 2.99. The molecule has 5 nitrogen and oxygen atoms in total. The van der Waals surface area contributed by atoms with E-state index in [1.807, 2.05) is 0 Å². The van der Waals surface area contributed by atoms with Crippen LogP contribution in [0.25, 0.3) is 0 Å². The van der Waals surface area contributed by atoms with Gasteiger partial charge < -0.3 is 9.64 Å². The summed E-state index contributed by atoms with van der Waals surface area (Å²) in [6.45, 7) is -0.541. The highest BCUT2D eigenvalue weighted by atomic mass is 19.4. The van der Waals surface area contributed by atoms with Crippen LogP contribution in [-0.4, -0.2) is 37.1 Å². The molecule has 1 fully saturated rings. The first kappa shape index (κ1) is 17.9. The van der Waals surface area contributed by atoms with E-state index in [4.69, 9.17) is 5.26 Å². The Morgan fingerprint density at radius 3 is 2.42 bits per heavy atom. The third kappa shape index (κ3) is 3.55. The first-order valence-electron chi connectivity index (χ1n) is 6.82. The third-order valence-corrected chi connectivity index (χ3v) is 3.59. The first-order valence-corrected chi connectivity index (χ1v) is 6.82. The molecule has 0 aromatic carbocycles. The number of carbonyl (C=O) groups is 1. The van der Waals surface area contributed by atoms with Crippen molar-refractivity contribution >= 4 is 11.8 Å². The topological polar surface area (TPSA) is 66.2 Å². The SMILES string of the molecule is COC(=O)c1cc(C#N)c(C(F)(F)F)nc1N1CCC(F)(F)CC1. The highest BCUT2D eigenvalue weighted by Crippen LogP contribution is 2.36. The quantitative estimate of drug-likeness (QED) is 0.607. The molecule has 0 saturated carbocycles. The average molecular weight is 349 g/mol. The summed E-state index contributed by atoms with van der Waals surface area (Å²) >= 11 is 0. The van der Waals surface area contributed by atoms with Crippen molar-refractivity contribution in [2.75, 3.05) is 25.1 Å². The van der Waals surface area contributed by atoms with Gasteiger partial charge in [-0.05, 0) is 6.07 Å². The third-order valence-electron chi connectivity index (χ3n) is 3.59. The van der Waals surface area contributed by atoms with Crippen LogP contribution in [0.3, 0.4) is 0 Å². The van der Waals surface area contributed by atoms with Gasteiger partial charge in [0.1, 0.15) is 17.5 Å². The molecule has 0 bridgehead atoms. The van der Waals surface area contributed by atoms with E-state index in [1.165, 1.54) is 11.0 Å². The number of esters is 1. The van der Waals surface area contributed by atoms with E-state index in [0.717, 1.165) is 13.2 Å². The Hall–Kier alpha value is -2.44. The van der Waals surface area contributed by atoms with Crippen LogP contribution < -0.4 is 4.90 Å². The molecule has 0 radical (unpaired) electrons. The summed E-state index contributed by atoms with van der Waals surface area (Å²) in [6, 6.07) is 2.06. The van der Waals surface area contributed by atoms with Gasteiger partial charge in [-0.15, -0.1) is 0 Å². The Morgan fingerprint density at radius 2 is 1.96 bits per heavy atom. The maximum absolute atomic E-state index is 13.2. The van der Waals surface area contributed by atoms with Crippen LogP contribution in [0, 0.1) is 11.3 Å². The summed E-state index contributed by atoms with van der Waals surface area (Å²) in [6.07, 6.45) is -6.07. The maximum atomic E-state index is 13.2. The van der Waals surface area contributed by atoms with Crippen LogP contribution in [0.5, 0.6) is 0 Å². The number of nitriles is 1. The molecule has 1 saturated heterocycles. The van der Waals surface area contributed by atoms with E-state index in [0.29, 0.717) is 0 Å². The van der Waals surface area contributed by atoms with E-state index < -0.39 is 48.0 Å². The van der Waals surface area contributed by atoms with Crippen LogP contribution in [-0.2, 0) is 10.9 Å². The smallest absolute Gasteiger partial charge is 0.434 e. The molecule has 0 aliphatic carbocycles. The highest BCUT2D eigenvalue weighted by molar-refractivity contribution is 5.95. The standard InChI is InChI=1S/C14H12F5N3O2/c1-24-12(23)9-6-8(7-20)10(14(17,18)19)21-11(9)22-4-2-13(15,16)3-5-22/h6H,2-5H2,1H3. The number of nitrogens with zero attached hydrogens (tertiary/aromatic N) is 3. The van der Waals surface area contributed by atoms with Gasteiger partial charge in [0.2, 0.25) is 0 Å². The van der Waals surface area contributed by atoms with E-state index >= 15 is 0 Å². The number of pyridine rings is 1. The Balaban J connectivity index is 2.55. The number of halogens is 5. The van der Waals surface area contributed by atoms with Crippen molar-refractivity contribution in [3.63, 3.8) is 0 Å². The summed E-state index contributed by atoms with van der Waals surface area (Å²) in [4.78, 5) is 16.4. The van der Waals surface area contributed by atoms with Crippen molar-refractivity contribution in [2.24, 2.45) is 0 Å². The lowest BCUT2D eigenvalue weighted by atomic mass is 10.0. The van der Waals surface area contributed by atoms with Crippen LogP contribution >= 0.6 is 0 Å². The molecule has 1 aromatic heterocycles. The molecule has 1 aliphatic heterocycles. The molecule has 0 amide bonds. The second-order valence-electron chi connectivity index (χ2n) is 5.20. The number of carbonyl (C=O) groups excluding carboxylic acids is 1. The molecule has 2 heterocycles. The van der Waals surface area contributed by atoms with Gasteiger partial charge in [-0.25, -0.2) is 18.6 Å². The van der Waals surface area contributed by atoms with Crippen molar-refractivity contribution in [1.29, 1.82) is 5.26 Å². The molecule has 24 heavy (non-hydrogen) atoms. The van der Waals surface area contributed by atoms with Crippen LogP contribution in [0.2, 0.25) is 0 Å². The van der Waals surface area contributed by atoms with Gasteiger partial charge in [-0.3, -0.25) is 0 Å². The summed E-state index contributed by atoms with van der Waals surface area (Å²) in [5, 5.41) is 8.88. The second-order valence-corrected chi connectivity index (χ2v) is 5.20. The molecule has 2 rings (SSSR count). The lowest BCUT2D eigenvalue weighted by Gasteiger charge is -2.33. The number of ether oxygens (including phenoxy) is 1. The largest absolute Gasteiger partial charge is 0.465 e. The van der Waals surface area contributed by atoms with Crippen molar-refractivity contribution in [1.82, 2.24) is 4.98 Å². The van der Waals surface area contributed by atoms with E-state index in [1.54, 1.807) is 0 Å². The van der Waals surface area contributed by atoms with Gasteiger partial charge >= 0.3 is 12.1 Å². The summed E-state index contributed by atoms with van der Waals surface area (Å²) in [5.41, 5.74) is -2.67. The minimum absolute atomic E-state index is 0.271. The lowest BCUT2D eigenvalue weighted by Crippen LogP contribution is -2.40. The first-order chi connectivity index (χ1) is 11.1. The maximum Gasteiger partial charge on any atom is 0.434 e. The molecule has 0 unspecified atom stereocenters. The normalized spacial score (nSPS) is 17.3. The van der Waals surface area contributed by atoms with Gasteiger partial charge in [-0.2, -0.15) is 18.4 Å². The molecule has 130 valence electrons. The van der Waals surface area contributed by atoms with E-state index in [-0.39, 0.29) is 18.7 Å². The van der Waals surface area contributed by atoms with E-state index in [9.17, 15) is 26.7 Å². The zero-order chi connectivity index (χ0) is 18.1. The zero-order valence-electron chi connectivity index (χ0n) is 12.5. The van der Waals surface area contributed by atoms with Crippen LogP contribution in [0.1, 0.15) is 34.5 Å². The van der Waals surface area contributed by atoms with Crippen LogP contribution in [0.15, 0.2) is 6.07 Å². The second kappa shape index (κ2) is 6.22. The molecule has 10 heteroatoms. The van der Waals surface area contributed by atoms with Gasteiger partial charge in [0.25, 0.3) is 5.92 Å². The Kier molecular flexibility index (Phi) is 4.64. The number of hydrogen-bond acceptors (Lipinski definition) is 5. The number of hydrogen-bond donors (Lipinski definition) is 0. The fourth-order valence-corrected chi connectivity index (χ4v) is 2.35. The molecule has 0 spiro atoms. The Bertz CT molecular complexity index is 687. The summed E-state index contributed by atoms with van der Waals surface area (Å²) in [5.74, 6) is -4.33. The molecular weight excluding hydrogens is 337 g/mol. The monoisotopic (exact) mass is 349 g/mol. The number of anilines is 1. The molecule has 1 aliphatic rings. The number of rotatable bonds is 2. The summed E-state index contributed by atoms with van der Waals surface area (Å²) in [7, 11) is 1.01. The fourth-order valence-electron chi connectivity index (χ4n) is 2.35. The molecule has 1 aromatic rings. The van der Waals surface area contributed by atoms with Gasteiger partial charge in [0.05, 0.1) is 12.7 Å². The Labute approximate surface area is 133 Å². The average Bonchev–Trinajstić information content (AvgIpc) is 2.52. The lowest BCUT2D eigenvalue weighted by molar-refractivity contribution is -0.141. The van der Waals surface area contributed by atoms with Crippen LogP contribution in [0.4, 0.5) is 27.8 Å². The highest BCUT2D eigenvalue weighted by Gasteiger charge is 2.40. The van der Waals surface area contributed by atoms with E-state index in [2.05, 4.69) is 9.72 Å². The van der Waals surface area contributed by atoms with Gasteiger partial charge in [-0.1, -0.05) is 0 Å². The minimum atomic E-state index is -4.92. The summed E-state index contributed by atoms with van der Waals surface area (Å²) < 4.78 is 70.1. The zero-order valence-corrected chi connectivity index (χ0v) is 12.5. The van der Waals surface area contributed by atoms with Crippen molar-refractivity contribution in [2.45, 2.75) is 24.9 Å². The van der Waals surface area contributed by atoms with Crippen molar-refractivity contribution in [3.05, 3.63) is 22.9 Å². The van der Waals surface area contributed by atoms with Crippen molar-refractivity contribution < 1.29 is 31.5 Å². The molecule has 0 N–H and O–H groups in total. The molecule has 0 atom stereocenters. The number of piperidine rings is 1. The fraction of sp³-hybridized carbons (Fsp3) is 0.500.